The van der Waals surface area contributed by atoms with E-state index in [4.69, 9.17) is 26.6 Å². The minimum Gasteiger partial charge on any atom is -0.377 e. The standard InChI is InChI=1S/C13H16ClN3O2/c1-8(2)18-7-11(15)12-16-13(19-17-12)9-5-3-4-6-10(9)14/h3-6,8,11H,7,15H2,1-2H3. The molecule has 2 N–H and O–H groups in total. The van der Waals surface area contributed by atoms with Crippen LogP contribution < -0.4 is 5.73 Å². The van der Waals surface area contributed by atoms with Crippen molar-refractivity contribution < 1.29 is 9.26 Å². The molecule has 2 aromatic rings. The van der Waals surface area contributed by atoms with Crippen molar-refractivity contribution in [3.63, 3.8) is 0 Å². The third-order valence-electron chi connectivity index (χ3n) is 2.49. The number of hydrogen-bond acceptors (Lipinski definition) is 5. The van der Waals surface area contributed by atoms with Gasteiger partial charge in [0.05, 0.1) is 29.3 Å². The molecule has 0 fully saturated rings. The summed E-state index contributed by atoms with van der Waals surface area (Å²) in [5.74, 6) is 0.774. The van der Waals surface area contributed by atoms with Crippen LogP contribution >= 0.6 is 11.6 Å². The van der Waals surface area contributed by atoms with Crippen LogP contribution in [-0.2, 0) is 4.74 Å². The molecule has 1 heterocycles. The van der Waals surface area contributed by atoms with Crippen molar-refractivity contribution in [2.45, 2.75) is 26.0 Å². The van der Waals surface area contributed by atoms with Crippen LogP contribution in [-0.4, -0.2) is 22.9 Å². The van der Waals surface area contributed by atoms with Crippen molar-refractivity contribution in [1.29, 1.82) is 0 Å². The molecule has 0 aliphatic rings. The van der Waals surface area contributed by atoms with Gasteiger partial charge in [0.2, 0.25) is 0 Å². The third kappa shape index (κ3) is 3.53. The predicted octanol–water partition coefficient (Wildman–Crippen LogP) is 2.81. The first-order chi connectivity index (χ1) is 9.08. The molecule has 0 spiro atoms. The molecule has 1 aromatic carbocycles. The van der Waals surface area contributed by atoms with Gasteiger partial charge < -0.3 is 15.0 Å². The summed E-state index contributed by atoms with van der Waals surface area (Å²) in [7, 11) is 0. The van der Waals surface area contributed by atoms with Gasteiger partial charge in [-0.15, -0.1) is 0 Å². The molecule has 1 aromatic heterocycles. The SMILES string of the molecule is CC(C)OCC(N)c1noc(-c2ccccc2Cl)n1. The molecule has 0 aliphatic carbocycles. The average Bonchev–Trinajstić information content (AvgIpc) is 2.86. The first kappa shape index (κ1) is 14.0. The molecule has 2 rings (SSSR count). The van der Waals surface area contributed by atoms with Crippen LogP contribution in [0.5, 0.6) is 0 Å². The van der Waals surface area contributed by atoms with Gasteiger partial charge in [-0.2, -0.15) is 4.98 Å². The molecule has 0 aliphatic heterocycles. The van der Waals surface area contributed by atoms with E-state index in [-0.39, 0.29) is 6.10 Å². The minimum absolute atomic E-state index is 0.112. The molecule has 102 valence electrons. The van der Waals surface area contributed by atoms with Crippen LogP contribution in [0.2, 0.25) is 5.02 Å². The van der Waals surface area contributed by atoms with E-state index in [9.17, 15) is 0 Å². The quantitative estimate of drug-likeness (QED) is 0.912. The molecule has 0 saturated carbocycles. The summed E-state index contributed by atoms with van der Waals surface area (Å²) in [5, 5.41) is 4.42. The molecule has 19 heavy (non-hydrogen) atoms. The van der Waals surface area contributed by atoms with Gasteiger partial charge in [0.1, 0.15) is 0 Å². The van der Waals surface area contributed by atoms with Gasteiger partial charge in [0, 0.05) is 0 Å². The highest BCUT2D eigenvalue weighted by molar-refractivity contribution is 6.33. The predicted molar refractivity (Wildman–Crippen MR) is 72.8 cm³/mol. The summed E-state index contributed by atoms with van der Waals surface area (Å²) >= 11 is 6.07. The molecule has 0 radical (unpaired) electrons. The van der Waals surface area contributed by atoms with Crippen LogP contribution in [0.3, 0.4) is 0 Å². The van der Waals surface area contributed by atoms with Crippen LogP contribution in [0.15, 0.2) is 28.8 Å². The maximum Gasteiger partial charge on any atom is 0.259 e. The van der Waals surface area contributed by atoms with Crippen LogP contribution in [0.1, 0.15) is 25.7 Å². The lowest BCUT2D eigenvalue weighted by Gasteiger charge is -2.10. The van der Waals surface area contributed by atoms with Crippen molar-refractivity contribution in [2.75, 3.05) is 6.61 Å². The van der Waals surface area contributed by atoms with E-state index in [0.717, 1.165) is 0 Å². The molecule has 0 amide bonds. The lowest BCUT2D eigenvalue weighted by molar-refractivity contribution is 0.0665. The molecule has 0 bridgehead atoms. The Labute approximate surface area is 116 Å². The van der Waals surface area contributed by atoms with Crippen molar-refractivity contribution in [1.82, 2.24) is 10.1 Å². The second kappa shape index (κ2) is 6.14. The molecular formula is C13H16ClN3O2. The summed E-state index contributed by atoms with van der Waals surface area (Å²) in [6.07, 6.45) is 0.112. The highest BCUT2D eigenvalue weighted by Crippen LogP contribution is 2.26. The number of benzene rings is 1. The maximum atomic E-state index is 6.07. The summed E-state index contributed by atoms with van der Waals surface area (Å²) in [4.78, 5) is 4.25. The number of nitrogens with two attached hydrogens (primary N) is 1. The Bertz CT molecular complexity index is 542. The van der Waals surface area contributed by atoms with Crippen molar-refractivity contribution in [2.24, 2.45) is 5.73 Å². The average molecular weight is 282 g/mol. The number of rotatable bonds is 5. The smallest absolute Gasteiger partial charge is 0.259 e. The van der Waals surface area contributed by atoms with Gasteiger partial charge in [-0.1, -0.05) is 28.9 Å². The van der Waals surface area contributed by atoms with Crippen molar-refractivity contribution in [3.8, 4) is 11.5 Å². The molecular weight excluding hydrogens is 266 g/mol. The normalized spacial score (nSPS) is 12.9. The Morgan fingerprint density at radius 1 is 1.37 bits per heavy atom. The summed E-state index contributed by atoms with van der Waals surface area (Å²) in [6, 6.07) is 6.86. The van der Waals surface area contributed by atoms with E-state index < -0.39 is 6.04 Å². The Morgan fingerprint density at radius 2 is 2.11 bits per heavy atom. The van der Waals surface area contributed by atoms with Gasteiger partial charge in [-0.3, -0.25) is 0 Å². The van der Waals surface area contributed by atoms with Gasteiger partial charge >= 0.3 is 0 Å². The summed E-state index contributed by atoms with van der Waals surface area (Å²) < 4.78 is 10.6. The zero-order valence-corrected chi connectivity index (χ0v) is 11.6. The minimum atomic E-state index is -0.414. The Morgan fingerprint density at radius 3 is 2.79 bits per heavy atom. The zero-order valence-electron chi connectivity index (χ0n) is 10.8. The van der Waals surface area contributed by atoms with Crippen molar-refractivity contribution >= 4 is 11.6 Å². The fourth-order valence-corrected chi connectivity index (χ4v) is 1.72. The van der Waals surface area contributed by atoms with Crippen LogP contribution in [0, 0.1) is 0 Å². The van der Waals surface area contributed by atoms with Crippen molar-refractivity contribution in [3.05, 3.63) is 35.1 Å². The molecule has 0 saturated heterocycles. The van der Waals surface area contributed by atoms with Crippen LogP contribution in [0.4, 0.5) is 0 Å². The monoisotopic (exact) mass is 281 g/mol. The Kier molecular flexibility index (Phi) is 4.52. The summed E-state index contributed by atoms with van der Waals surface area (Å²) in [6.45, 7) is 4.23. The fraction of sp³-hybridized carbons (Fsp3) is 0.385. The van der Waals surface area contributed by atoms with Gasteiger partial charge in [-0.05, 0) is 26.0 Å². The highest BCUT2D eigenvalue weighted by atomic mass is 35.5. The number of halogens is 1. The highest BCUT2D eigenvalue weighted by Gasteiger charge is 2.17. The first-order valence-corrected chi connectivity index (χ1v) is 6.41. The third-order valence-corrected chi connectivity index (χ3v) is 2.82. The molecule has 1 unspecified atom stereocenters. The number of aromatic nitrogens is 2. The lowest BCUT2D eigenvalue weighted by atomic mass is 10.2. The maximum absolute atomic E-state index is 6.07. The van der Waals surface area contributed by atoms with E-state index in [2.05, 4.69) is 10.1 Å². The van der Waals surface area contributed by atoms with E-state index >= 15 is 0 Å². The Hall–Kier alpha value is -1.43. The number of hydrogen-bond donors (Lipinski definition) is 1. The lowest BCUT2D eigenvalue weighted by Crippen LogP contribution is -2.20. The summed E-state index contributed by atoms with van der Waals surface area (Å²) in [5.41, 5.74) is 6.62. The van der Waals surface area contributed by atoms with E-state index in [1.165, 1.54) is 0 Å². The van der Waals surface area contributed by atoms with Crippen LogP contribution in [0.25, 0.3) is 11.5 Å². The first-order valence-electron chi connectivity index (χ1n) is 6.03. The van der Waals surface area contributed by atoms with Gasteiger partial charge in [0.25, 0.3) is 5.89 Å². The second-order valence-electron chi connectivity index (χ2n) is 4.43. The van der Waals surface area contributed by atoms with Gasteiger partial charge in [-0.25, -0.2) is 0 Å². The van der Waals surface area contributed by atoms with E-state index in [1.807, 2.05) is 32.0 Å². The molecule has 6 heteroatoms. The molecule has 1 atom stereocenters. The van der Waals surface area contributed by atoms with E-state index in [0.29, 0.717) is 28.9 Å². The topological polar surface area (TPSA) is 74.2 Å². The van der Waals surface area contributed by atoms with Gasteiger partial charge in [0.15, 0.2) is 5.82 Å². The number of nitrogens with zero attached hydrogens (tertiary/aromatic N) is 2. The molecule has 5 nitrogen and oxygen atoms in total. The Balaban J connectivity index is 2.13. The second-order valence-corrected chi connectivity index (χ2v) is 4.83. The fourth-order valence-electron chi connectivity index (χ4n) is 1.50. The largest absolute Gasteiger partial charge is 0.377 e. The number of ether oxygens (including phenoxy) is 1. The zero-order chi connectivity index (χ0) is 13.8. The van der Waals surface area contributed by atoms with E-state index in [1.54, 1.807) is 6.07 Å².